The fraction of sp³-hybridized carbons (Fsp3) is 0.800. The van der Waals surface area contributed by atoms with Crippen LogP contribution in [0.2, 0.25) is 0 Å². The third-order valence-electron chi connectivity index (χ3n) is 4.99. The molecule has 0 spiro atoms. The average Bonchev–Trinajstić information content (AvgIpc) is 2.66. The fourth-order valence-corrected chi connectivity index (χ4v) is 3.48. The van der Waals surface area contributed by atoms with Crippen LogP contribution in [0.4, 0.5) is 0 Å². The predicted octanol–water partition coefficient (Wildman–Crippen LogP) is 1.79. The van der Waals surface area contributed by atoms with Gasteiger partial charge in [0, 0.05) is 50.0 Å². The molecule has 0 bridgehead atoms. The van der Waals surface area contributed by atoms with E-state index in [0.29, 0.717) is 0 Å². The summed E-state index contributed by atoms with van der Waals surface area (Å²) in [4.78, 5) is 5.28. The molecular weight excluding hydrogens is 236 g/mol. The maximum absolute atomic E-state index is 4.33. The number of aromatic nitrogens is 2. The van der Waals surface area contributed by atoms with E-state index in [1.807, 2.05) is 17.9 Å². The van der Waals surface area contributed by atoms with Crippen molar-refractivity contribution in [1.82, 2.24) is 19.6 Å². The molecule has 2 saturated heterocycles. The second-order valence-corrected chi connectivity index (χ2v) is 6.31. The van der Waals surface area contributed by atoms with Gasteiger partial charge in [0.1, 0.15) is 0 Å². The summed E-state index contributed by atoms with van der Waals surface area (Å²) in [6.07, 6.45) is 6.22. The Morgan fingerprint density at radius 1 is 1.32 bits per heavy atom. The number of nitrogens with zero attached hydrogens (tertiary/aromatic N) is 4. The molecule has 2 fully saturated rings. The van der Waals surface area contributed by atoms with E-state index in [1.54, 1.807) is 0 Å². The van der Waals surface area contributed by atoms with Crippen LogP contribution in [0.1, 0.15) is 37.4 Å². The molecule has 106 valence electrons. The van der Waals surface area contributed by atoms with E-state index in [9.17, 15) is 0 Å². The quantitative estimate of drug-likeness (QED) is 0.830. The highest BCUT2D eigenvalue weighted by Gasteiger charge is 2.35. The maximum atomic E-state index is 4.33. The fourth-order valence-electron chi connectivity index (χ4n) is 3.48. The number of piperidine rings is 1. The molecule has 0 aliphatic carbocycles. The number of hydrogen-bond donors (Lipinski definition) is 0. The molecule has 0 saturated carbocycles. The van der Waals surface area contributed by atoms with Crippen LogP contribution in [-0.4, -0.2) is 51.3 Å². The molecule has 0 N–H and O–H groups in total. The molecule has 1 atom stereocenters. The lowest BCUT2D eigenvalue weighted by Gasteiger charge is -2.49. The molecule has 0 radical (unpaired) electrons. The van der Waals surface area contributed by atoms with Gasteiger partial charge in [0.05, 0.1) is 6.20 Å². The van der Waals surface area contributed by atoms with Crippen LogP contribution >= 0.6 is 0 Å². The number of aryl methyl sites for hydroxylation is 1. The van der Waals surface area contributed by atoms with Gasteiger partial charge in [-0.15, -0.1) is 0 Å². The zero-order valence-electron chi connectivity index (χ0n) is 12.5. The van der Waals surface area contributed by atoms with E-state index in [1.165, 1.54) is 50.2 Å². The van der Waals surface area contributed by atoms with Gasteiger partial charge in [-0.2, -0.15) is 5.10 Å². The second kappa shape index (κ2) is 5.25. The van der Waals surface area contributed by atoms with Gasteiger partial charge in [0.15, 0.2) is 0 Å². The monoisotopic (exact) mass is 262 g/mol. The third-order valence-corrected chi connectivity index (χ3v) is 4.99. The Kier molecular flexibility index (Phi) is 3.63. The minimum Gasteiger partial charge on any atom is -0.296 e. The van der Waals surface area contributed by atoms with E-state index in [-0.39, 0.29) is 0 Å². The summed E-state index contributed by atoms with van der Waals surface area (Å²) in [6, 6.07) is 1.59. The molecule has 0 amide bonds. The highest BCUT2D eigenvalue weighted by atomic mass is 15.3. The van der Waals surface area contributed by atoms with Crippen molar-refractivity contribution in [3.05, 3.63) is 17.5 Å². The average molecular weight is 262 g/mol. The van der Waals surface area contributed by atoms with Crippen LogP contribution in [0.5, 0.6) is 0 Å². The van der Waals surface area contributed by atoms with E-state index >= 15 is 0 Å². The van der Waals surface area contributed by atoms with Gasteiger partial charge >= 0.3 is 0 Å². The van der Waals surface area contributed by atoms with Gasteiger partial charge in [0.2, 0.25) is 0 Å². The van der Waals surface area contributed by atoms with E-state index < -0.39 is 0 Å². The molecule has 4 heteroatoms. The highest BCUT2D eigenvalue weighted by molar-refractivity contribution is 5.16. The van der Waals surface area contributed by atoms with Crippen LogP contribution in [0.25, 0.3) is 0 Å². The van der Waals surface area contributed by atoms with E-state index in [0.717, 1.165) is 18.6 Å². The smallest absolute Gasteiger partial charge is 0.0537 e. The van der Waals surface area contributed by atoms with Crippen molar-refractivity contribution in [2.75, 3.05) is 19.6 Å². The zero-order valence-corrected chi connectivity index (χ0v) is 12.5. The van der Waals surface area contributed by atoms with Crippen LogP contribution in [0.3, 0.4) is 0 Å². The minimum atomic E-state index is 0.793. The second-order valence-electron chi connectivity index (χ2n) is 6.31. The van der Waals surface area contributed by atoms with Crippen LogP contribution in [-0.2, 0) is 13.6 Å². The summed E-state index contributed by atoms with van der Waals surface area (Å²) in [6.45, 7) is 9.40. The Bertz CT molecular complexity index is 433. The summed E-state index contributed by atoms with van der Waals surface area (Å²) in [5.74, 6) is 0. The number of rotatable bonds is 3. The van der Waals surface area contributed by atoms with Crippen molar-refractivity contribution < 1.29 is 0 Å². The van der Waals surface area contributed by atoms with Gasteiger partial charge in [-0.1, -0.05) is 6.42 Å². The van der Waals surface area contributed by atoms with Gasteiger partial charge in [-0.05, 0) is 33.2 Å². The van der Waals surface area contributed by atoms with Gasteiger partial charge < -0.3 is 0 Å². The van der Waals surface area contributed by atoms with E-state index in [4.69, 9.17) is 0 Å². The predicted molar refractivity (Wildman–Crippen MR) is 77.0 cm³/mol. The summed E-state index contributed by atoms with van der Waals surface area (Å²) in [5, 5.41) is 4.33. The molecule has 0 aromatic carbocycles. The van der Waals surface area contributed by atoms with Crippen LogP contribution in [0, 0.1) is 6.92 Å². The van der Waals surface area contributed by atoms with Gasteiger partial charge in [-0.25, -0.2) is 0 Å². The SMILES string of the molecule is Cc1c(CN2CC(N3CCCC[C@@H]3C)C2)cnn1C. The van der Waals surface area contributed by atoms with Crippen LogP contribution in [0.15, 0.2) is 6.20 Å². The Morgan fingerprint density at radius 2 is 2.11 bits per heavy atom. The molecule has 19 heavy (non-hydrogen) atoms. The first kappa shape index (κ1) is 13.1. The third kappa shape index (κ3) is 2.56. The van der Waals surface area contributed by atoms with Gasteiger partial charge in [-0.3, -0.25) is 14.5 Å². The minimum absolute atomic E-state index is 0.793. The molecular formula is C15H26N4. The summed E-state index contributed by atoms with van der Waals surface area (Å²) in [5.41, 5.74) is 2.68. The molecule has 3 heterocycles. The Labute approximate surface area is 116 Å². The van der Waals surface area contributed by atoms with Crippen LogP contribution < -0.4 is 0 Å². The van der Waals surface area contributed by atoms with Gasteiger partial charge in [0.25, 0.3) is 0 Å². The van der Waals surface area contributed by atoms with Crippen molar-refractivity contribution >= 4 is 0 Å². The Morgan fingerprint density at radius 3 is 2.74 bits per heavy atom. The van der Waals surface area contributed by atoms with Crippen molar-refractivity contribution in [1.29, 1.82) is 0 Å². The number of hydrogen-bond acceptors (Lipinski definition) is 3. The largest absolute Gasteiger partial charge is 0.296 e. The summed E-state index contributed by atoms with van der Waals surface area (Å²) < 4.78 is 1.97. The topological polar surface area (TPSA) is 24.3 Å². The first-order valence-corrected chi connectivity index (χ1v) is 7.60. The number of likely N-dealkylation sites (tertiary alicyclic amines) is 2. The lowest BCUT2D eigenvalue weighted by Crippen LogP contribution is -2.61. The highest BCUT2D eigenvalue weighted by Crippen LogP contribution is 2.25. The first-order valence-electron chi connectivity index (χ1n) is 7.60. The van der Waals surface area contributed by atoms with Crippen molar-refractivity contribution in [3.8, 4) is 0 Å². The van der Waals surface area contributed by atoms with Crippen molar-refractivity contribution in [3.63, 3.8) is 0 Å². The molecule has 2 aliphatic heterocycles. The molecule has 0 unspecified atom stereocenters. The van der Waals surface area contributed by atoms with Crippen molar-refractivity contribution in [2.45, 2.75) is 51.7 Å². The summed E-state index contributed by atoms with van der Waals surface area (Å²) >= 11 is 0. The molecule has 2 aliphatic rings. The Balaban J connectivity index is 1.51. The Hall–Kier alpha value is -0.870. The molecule has 1 aromatic heterocycles. The standard InChI is InChI=1S/C15H26N4/c1-12-6-4-5-7-19(12)15-10-18(11-15)9-14-8-16-17(3)13(14)2/h8,12,15H,4-7,9-11H2,1-3H3/t12-/m0/s1. The zero-order chi connectivity index (χ0) is 13.4. The maximum Gasteiger partial charge on any atom is 0.0537 e. The first-order chi connectivity index (χ1) is 9.15. The lowest BCUT2D eigenvalue weighted by atomic mass is 9.97. The van der Waals surface area contributed by atoms with E-state index in [2.05, 4.69) is 28.7 Å². The molecule has 1 aromatic rings. The molecule has 3 rings (SSSR count). The lowest BCUT2D eigenvalue weighted by molar-refractivity contribution is -0.00629. The normalized spacial score (nSPS) is 26.6. The molecule has 4 nitrogen and oxygen atoms in total. The van der Waals surface area contributed by atoms with Crippen molar-refractivity contribution in [2.24, 2.45) is 7.05 Å². The summed E-state index contributed by atoms with van der Waals surface area (Å²) in [7, 11) is 2.02.